The molecule has 98 valence electrons. The second kappa shape index (κ2) is 5.25. The molecule has 1 atom stereocenters. The number of halogens is 1. The molecular weight excluding hydrogens is 304 g/mol. The van der Waals surface area contributed by atoms with Crippen LogP contribution < -0.4 is 9.47 Å². The Morgan fingerprint density at radius 3 is 2.89 bits per heavy atom. The lowest BCUT2D eigenvalue weighted by atomic mass is 10.1. The molecule has 0 aromatic heterocycles. The fraction of sp³-hybridized carbons (Fsp3) is 0.250. The number of hydrogen-bond acceptors (Lipinski definition) is 2. The molecular formula is C16H15BrO2. The van der Waals surface area contributed by atoms with Crippen LogP contribution in [0.5, 0.6) is 11.5 Å². The summed E-state index contributed by atoms with van der Waals surface area (Å²) in [6.45, 7) is 2.63. The Morgan fingerprint density at radius 1 is 1.26 bits per heavy atom. The lowest BCUT2D eigenvalue weighted by molar-refractivity contribution is 0.148. The predicted molar refractivity (Wildman–Crippen MR) is 78.9 cm³/mol. The van der Waals surface area contributed by atoms with Crippen LogP contribution >= 0.6 is 15.9 Å². The van der Waals surface area contributed by atoms with Crippen LogP contribution in [0.4, 0.5) is 0 Å². The highest BCUT2D eigenvalue weighted by Crippen LogP contribution is 2.29. The lowest BCUT2D eigenvalue weighted by Gasteiger charge is -2.14. The fourth-order valence-electron chi connectivity index (χ4n) is 2.30. The van der Waals surface area contributed by atoms with E-state index in [2.05, 4.69) is 28.1 Å². The monoisotopic (exact) mass is 318 g/mol. The first-order valence-electron chi connectivity index (χ1n) is 6.36. The third kappa shape index (κ3) is 2.76. The van der Waals surface area contributed by atoms with Crippen molar-refractivity contribution in [3.05, 3.63) is 58.1 Å². The summed E-state index contributed by atoms with van der Waals surface area (Å²) in [5.41, 5.74) is 2.40. The van der Waals surface area contributed by atoms with Gasteiger partial charge in [0.1, 0.15) is 24.2 Å². The first kappa shape index (κ1) is 12.5. The van der Waals surface area contributed by atoms with E-state index in [0.717, 1.165) is 28.0 Å². The minimum absolute atomic E-state index is 0.112. The third-order valence-corrected chi connectivity index (χ3v) is 3.77. The summed E-state index contributed by atoms with van der Waals surface area (Å²) in [4.78, 5) is 0. The van der Waals surface area contributed by atoms with Crippen molar-refractivity contribution in [2.24, 2.45) is 0 Å². The third-order valence-electron chi connectivity index (χ3n) is 3.28. The van der Waals surface area contributed by atoms with Gasteiger partial charge < -0.3 is 9.47 Å². The van der Waals surface area contributed by atoms with Crippen molar-refractivity contribution >= 4 is 15.9 Å². The molecule has 0 saturated heterocycles. The summed E-state index contributed by atoms with van der Waals surface area (Å²) in [7, 11) is 0. The minimum Gasteiger partial charge on any atom is -0.489 e. The van der Waals surface area contributed by atoms with Crippen molar-refractivity contribution in [2.75, 3.05) is 6.61 Å². The van der Waals surface area contributed by atoms with E-state index in [9.17, 15) is 0 Å². The maximum atomic E-state index is 5.86. The molecule has 3 rings (SSSR count). The van der Waals surface area contributed by atoms with Crippen LogP contribution in [0, 0.1) is 6.92 Å². The average molecular weight is 319 g/mol. The molecule has 3 heteroatoms. The lowest BCUT2D eigenvalue weighted by Crippen LogP contribution is -2.22. The molecule has 1 aliphatic heterocycles. The van der Waals surface area contributed by atoms with Gasteiger partial charge in [-0.1, -0.05) is 34.1 Å². The number of ether oxygens (including phenoxy) is 2. The summed E-state index contributed by atoms with van der Waals surface area (Å²) in [5, 5.41) is 0. The molecule has 1 aliphatic rings. The van der Waals surface area contributed by atoms with Crippen LogP contribution in [-0.4, -0.2) is 12.7 Å². The van der Waals surface area contributed by atoms with Gasteiger partial charge in [0.05, 0.1) is 0 Å². The fourth-order valence-corrected chi connectivity index (χ4v) is 2.78. The number of aryl methyl sites for hydroxylation is 1. The molecule has 2 nitrogen and oxygen atoms in total. The van der Waals surface area contributed by atoms with Crippen LogP contribution in [0.3, 0.4) is 0 Å². The summed E-state index contributed by atoms with van der Waals surface area (Å²) >= 11 is 3.45. The number of para-hydroxylation sites is 1. The minimum atomic E-state index is 0.112. The van der Waals surface area contributed by atoms with Gasteiger partial charge in [-0.05, 0) is 42.3 Å². The van der Waals surface area contributed by atoms with E-state index in [0.29, 0.717) is 6.61 Å². The van der Waals surface area contributed by atoms with Crippen LogP contribution in [-0.2, 0) is 6.42 Å². The SMILES string of the molecule is Cc1cc(Br)ccc1OCC1Cc2ccccc2O1. The van der Waals surface area contributed by atoms with Crippen molar-refractivity contribution in [2.45, 2.75) is 19.4 Å². The maximum Gasteiger partial charge on any atom is 0.137 e. The van der Waals surface area contributed by atoms with Gasteiger partial charge in [0, 0.05) is 10.9 Å². The van der Waals surface area contributed by atoms with E-state index in [1.807, 2.05) is 37.3 Å². The predicted octanol–water partition coefficient (Wildman–Crippen LogP) is 4.14. The molecule has 2 aromatic carbocycles. The molecule has 0 N–H and O–H groups in total. The first-order valence-corrected chi connectivity index (χ1v) is 7.15. The van der Waals surface area contributed by atoms with Crippen molar-refractivity contribution in [3.63, 3.8) is 0 Å². The maximum absolute atomic E-state index is 5.86. The van der Waals surface area contributed by atoms with Gasteiger partial charge in [0.15, 0.2) is 0 Å². The van der Waals surface area contributed by atoms with Gasteiger partial charge >= 0.3 is 0 Å². The Hall–Kier alpha value is -1.48. The number of hydrogen-bond donors (Lipinski definition) is 0. The Labute approximate surface area is 121 Å². The van der Waals surface area contributed by atoms with Crippen molar-refractivity contribution < 1.29 is 9.47 Å². The normalized spacial score (nSPS) is 16.8. The van der Waals surface area contributed by atoms with E-state index in [-0.39, 0.29) is 6.10 Å². The Kier molecular flexibility index (Phi) is 3.47. The second-order valence-corrected chi connectivity index (χ2v) is 5.69. The van der Waals surface area contributed by atoms with Gasteiger partial charge in [-0.15, -0.1) is 0 Å². The summed E-state index contributed by atoms with van der Waals surface area (Å²) in [6, 6.07) is 14.2. The molecule has 0 amide bonds. The topological polar surface area (TPSA) is 18.5 Å². The molecule has 19 heavy (non-hydrogen) atoms. The van der Waals surface area contributed by atoms with E-state index < -0.39 is 0 Å². The van der Waals surface area contributed by atoms with Gasteiger partial charge in [-0.25, -0.2) is 0 Å². The van der Waals surface area contributed by atoms with Crippen LogP contribution in [0.2, 0.25) is 0 Å². The Morgan fingerprint density at radius 2 is 2.11 bits per heavy atom. The quantitative estimate of drug-likeness (QED) is 0.846. The highest BCUT2D eigenvalue weighted by atomic mass is 79.9. The summed E-state index contributed by atoms with van der Waals surface area (Å²) in [6.07, 6.45) is 1.03. The van der Waals surface area contributed by atoms with Crippen LogP contribution in [0.25, 0.3) is 0 Å². The van der Waals surface area contributed by atoms with E-state index in [1.165, 1.54) is 5.56 Å². The van der Waals surface area contributed by atoms with Crippen LogP contribution in [0.15, 0.2) is 46.9 Å². The zero-order valence-electron chi connectivity index (χ0n) is 10.7. The first-order chi connectivity index (χ1) is 9.22. The summed E-state index contributed by atoms with van der Waals surface area (Å²) < 4.78 is 12.8. The van der Waals surface area contributed by atoms with Gasteiger partial charge in [0.2, 0.25) is 0 Å². The molecule has 0 bridgehead atoms. The molecule has 1 heterocycles. The summed E-state index contributed by atoms with van der Waals surface area (Å²) in [5.74, 6) is 1.91. The van der Waals surface area contributed by atoms with Gasteiger partial charge in [-0.3, -0.25) is 0 Å². The molecule has 0 radical (unpaired) electrons. The van der Waals surface area contributed by atoms with Gasteiger partial charge in [0.25, 0.3) is 0 Å². The Bertz CT molecular complexity index is 570. The van der Waals surface area contributed by atoms with E-state index in [1.54, 1.807) is 0 Å². The van der Waals surface area contributed by atoms with Crippen molar-refractivity contribution in [1.82, 2.24) is 0 Å². The zero-order valence-corrected chi connectivity index (χ0v) is 12.3. The van der Waals surface area contributed by atoms with E-state index >= 15 is 0 Å². The number of rotatable bonds is 3. The number of benzene rings is 2. The standard InChI is InChI=1S/C16H15BrO2/c1-11-8-13(17)6-7-15(11)18-10-14-9-12-4-2-3-5-16(12)19-14/h2-8,14H,9-10H2,1H3. The smallest absolute Gasteiger partial charge is 0.137 e. The van der Waals surface area contributed by atoms with Crippen LogP contribution in [0.1, 0.15) is 11.1 Å². The molecule has 0 aliphatic carbocycles. The average Bonchev–Trinajstić information content (AvgIpc) is 2.80. The Balaban J connectivity index is 1.63. The number of fused-ring (bicyclic) bond motifs is 1. The molecule has 0 fully saturated rings. The largest absolute Gasteiger partial charge is 0.489 e. The molecule has 0 spiro atoms. The molecule has 1 unspecified atom stereocenters. The zero-order chi connectivity index (χ0) is 13.2. The van der Waals surface area contributed by atoms with Crippen molar-refractivity contribution in [1.29, 1.82) is 0 Å². The highest BCUT2D eigenvalue weighted by Gasteiger charge is 2.22. The highest BCUT2D eigenvalue weighted by molar-refractivity contribution is 9.10. The molecule has 2 aromatic rings. The van der Waals surface area contributed by atoms with Crippen molar-refractivity contribution in [3.8, 4) is 11.5 Å². The van der Waals surface area contributed by atoms with Gasteiger partial charge in [-0.2, -0.15) is 0 Å². The second-order valence-electron chi connectivity index (χ2n) is 4.77. The molecule has 0 saturated carbocycles. The van der Waals surface area contributed by atoms with E-state index in [4.69, 9.17) is 9.47 Å².